The molecule has 2 aromatic rings. The van der Waals surface area contributed by atoms with Gasteiger partial charge in [-0.2, -0.15) is 0 Å². The maximum atomic E-state index is 13.1. The first kappa shape index (κ1) is 28.6. The predicted molar refractivity (Wildman–Crippen MR) is 144 cm³/mol. The second-order valence-electron chi connectivity index (χ2n) is 9.88. The van der Waals surface area contributed by atoms with Crippen LogP contribution < -0.4 is 25.4 Å². The fraction of sp³-hybridized carbons (Fsp3) is 0.414. The fourth-order valence-corrected chi connectivity index (χ4v) is 5.20. The van der Waals surface area contributed by atoms with Gasteiger partial charge in [-0.1, -0.05) is 12.1 Å². The Balaban J connectivity index is 1.38. The Bertz CT molecular complexity index is 1330. The van der Waals surface area contributed by atoms with Gasteiger partial charge in [-0.25, -0.2) is 0 Å². The molecule has 2 aliphatic heterocycles. The van der Waals surface area contributed by atoms with E-state index in [-0.39, 0.29) is 43.1 Å². The van der Waals surface area contributed by atoms with Gasteiger partial charge in [0.1, 0.15) is 23.6 Å². The van der Waals surface area contributed by atoms with Crippen molar-refractivity contribution in [1.29, 1.82) is 0 Å². The molecule has 1 fully saturated rings. The topological polar surface area (TPSA) is 143 Å². The van der Waals surface area contributed by atoms with Gasteiger partial charge in [0.05, 0.1) is 14.2 Å². The summed E-state index contributed by atoms with van der Waals surface area (Å²) in [6, 6.07) is 9.39. The molecule has 2 atom stereocenters. The molecular weight excluding hydrogens is 516 g/mol. The highest BCUT2D eigenvalue weighted by Gasteiger charge is 2.39. The summed E-state index contributed by atoms with van der Waals surface area (Å²) in [6.45, 7) is 1.87. The normalized spacial score (nSPS) is 17.1. The van der Waals surface area contributed by atoms with Crippen LogP contribution in [0.15, 0.2) is 36.4 Å². The molecular formula is C29H34N4O7. The van der Waals surface area contributed by atoms with Crippen molar-refractivity contribution in [3.05, 3.63) is 58.7 Å². The lowest BCUT2D eigenvalue weighted by molar-refractivity contribution is -0.137. The molecule has 2 aromatic carbocycles. The van der Waals surface area contributed by atoms with Crippen molar-refractivity contribution in [3.8, 4) is 11.5 Å². The summed E-state index contributed by atoms with van der Waals surface area (Å²) in [5, 5.41) is 7.92. The van der Waals surface area contributed by atoms with Gasteiger partial charge < -0.3 is 25.0 Å². The number of benzene rings is 2. The van der Waals surface area contributed by atoms with Gasteiger partial charge in [-0.05, 0) is 55.0 Å². The van der Waals surface area contributed by atoms with Crippen LogP contribution in [0.5, 0.6) is 11.5 Å². The molecule has 40 heavy (non-hydrogen) atoms. The van der Waals surface area contributed by atoms with E-state index in [0.29, 0.717) is 42.7 Å². The van der Waals surface area contributed by atoms with Crippen molar-refractivity contribution in [2.24, 2.45) is 0 Å². The molecule has 11 heteroatoms. The van der Waals surface area contributed by atoms with Crippen LogP contribution in [-0.4, -0.2) is 60.7 Å². The minimum absolute atomic E-state index is 0.196. The first-order valence-corrected chi connectivity index (χ1v) is 13.2. The highest BCUT2D eigenvalue weighted by Crippen LogP contribution is 2.30. The number of hydrogen-bond donors (Lipinski definition) is 3. The lowest BCUT2D eigenvalue weighted by Crippen LogP contribution is -2.52. The number of amides is 5. The van der Waals surface area contributed by atoms with Gasteiger partial charge >= 0.3 is 0 Å². The van der Waals surface area contributed by atoms with Crippen LogP contribution in [0.2, 0.25) is 0 Å². The first-order valence-electron chi connectivity index (χ1n) is 13.2. The van der Waals surface area contributed by atoms with E-state index in [4.69, 9.17) is 9.47 Å². The van der Waals surface area contributed by atoms with Crippen molar-refractivity contribution < 1.29 is 33.4 Å². The lowest BCUT2D eigenvalue weighted by atomic mass is 9.97. The predicted octanol–water partition coefficient (Wildman–Crippen LogP) is 1.61. The van der Waals surface area contributed by atoms with Crippen LogP contribution in [0, 0.1) is 0 Å². The minimum Gasteiger partial charge on any atom is -0.497 e. The number of nitrogens with zero attached hydrogens (tertiary/aromatic N) is 1. The Hall–Kier alpha value is -4.41. The number of ether oxygens (including phenoxy) is 2. The van der Waals surface area contributed by atoms with E-state index in [1.807, 2.05) is 6.07 Å². The Morgan fingerprint density at radius 2 is 1.90 bits per heavy atom. The van der Waals surface area contributed by atoms with E-state index in [1.54, 1.807) is 37.4 Å². The zero-order valence-electron chi connectivity index (χ0n) is 22.9. The summed E-state index contributed by atoms with van der Waals surface area (Å²) in [4.78, 5) is 63.4. The fourth-order valence-electron chi connectivity index (χ4n) is 5.20. The third-order valence-electron chi connectivity index (χ3n) is 7.26. The van der Waals surface area contributed by atoms with Crippen LogP contribution in [0.1, 0.15) is 59.7 Å². The lowest BCUT2D eigenvalue weighted by Gasteiger charge is -2.29. The number of rotatable bonds is 11. The second kappa shape index (κ2) is 12.6. The molecule has 2 aliphatic rings. The molecule has 1 unspecified atom stereocenters. The number of fused-ring (bicyclic) bond motifs is 1. The van der Waals surface area contributed by atoms with E-state index >= 15 is 0 Å². The maximum Gasteiger partial charge on any atom is 0.255 e. The van der Waals surface area contributed by atoms with Crippen molar-refractivity contribution in [2.75, 3.05) is 14.2 Å². The molecule has 3 N–H and O–H groups in total. The van der Waals surface area contributed by atoms with Crippen LogP contribution in [-0.2, 0) is 38.7 Å². The average molecular weight is 551 g/mol. The Kier molecular flexibility index (Phi) is 9.03. The number of imide groups is 1. The molecule has 4 rings (SSSR count). The van der Waals surface area contributed by atoms with E-state index < -0.39 is 18.0 Å². The second-order valence-corrected chi connectivity index (χ2v) is 9.88. The summed E-state index contributed by atoms with van der Waals surface area (Å²) in [6.07, 6.45) is 2.04. The Labute approximate surface area is 232 Å². The molecule has 0 aliphatic carbocycles. The molecule has 0 radical (unpaired) electrons. The monoisotopic (exact) mass is 550 g/mol. The zero-order chi connectivity index (χ0) is 28.8. The maximum absolute atomic E-state index is 13.1. The number of hydrogen-bond acceptors (Lipinski definition) is 7. The summed E-state index contributed by atoms with van der Waals surface area (Å²) >= 11 is 0. The van der Waals surface area contributed by atoms with Gasteiger partial charge in [-0.15, -0.1) is 0 Å². The third-order valence-corrected chi connectivity index (χ3v) is 7.26. The molecule has 11 nitrogen and oxygen atoms in total. The van der Waals surface area contributed by atoms with Gasteiger partial charge in [0.2, 0.25) is 23.6 Å². The highest BCUT2D eigenvalue weighted by molar-refractivity contribution is 6.05. The molecule has 5 amide bonds. The van der Waals surface area contributed by atoms with E-state index in [0.717, 1.165) is 16.7 Å². The smallest absolute Gasteiger partial charge is 0.255 e. The number of methoxy groups -OCH3 is 2. The van der Waals surface area contributed by atoms with Crippen molar-refractivity contribution in [3.63, 3.8) is 0 Å². The summed E-state index contributed by atoms with van der Waals surface area (Å²) < 4.78 is 10.6. The third kappa shape index (κ3) is 6.41. The number of carbonyl (C=O) groups is 5. The molecule has 0 bridgehead atoms. The number of piperidine rings is 1. The van der Waals surface area contributed by atoms with Crippen LogP contribution in [0.25, 0.3) is 0 Å². The van der Waals surface area contributed by atoms with Gasteiger partial charge in [0.15, 0.2) is 0 Å². The Morgan fingerprint density at radius 3 is 2.60 bits per heavy atom. The van der Waals surface area contributed by atoms with Crippen molar-refractivity contribution in [1.82, 2.24) is 20.9 Å². The zero-order valence-corrected chi connectivity index (χ0v) is 22.9. The molecule has 0 spiro atoms. The number of aryl methyl sites for hydroxylation is 1. The van der Waals surface area contributed by atoms with Crippen molar-refractivity contribution >= 4 is 29.5 Å². The highest BCUT2D eigenvalue weighted by atomic mass is 16.5. The number of nitrogens with one attached hydrogen (secondary N) is 3. The van der Waals surface area contributed by atoms with E-state index in [1.165, 1.54) is 18.9 Å². The quantitative estimate of drug-likeness (QED) is 0.361. The van der Waals surface area contributed by atoms with Gasteiger partial charge in [-0.3, -0.25) is 29.3 Å². The van der Waals surface area contributed by atoms with Crippen LogP contribution in [0.3, 0.4) is 0 Å². The minimum atomic E-state index is -0.736. The largest absolute Gasteiger partial charge is 0.497 e. The average Bonchev–Trinajstić information content (AvgIpc) is 3.27. The standard InChI is InChI=1S/C29H34N4O7/c1-17(34)31-23(27(36)30-15-19-10-11-20(39-2)14-25(19)40-3)9-5-7-18-6-4-8-21-22(18)16-33(29(21)38)24-12-13-26(35)32-28(24)37/h4,6,8,10-11,14,23-24H,5,7,9,12-13,15-16H2,1-3H3,(H,30,36)(H,31,34)(H,32,35,37)/t23-,24?/m0/s1. The van der Waals surface area contributed by atoms with E-state index in [2.05, 4.69) is 16.0 Å². The summed E-state index contributed by atoms with van der Waals surface area (Å²) in [5.74, 6) is -0.413. The molecule has 0 saturated carbocycles. The SMILES string of the molecule is COc1ccc(CNC(=O)[C@H](CCCc2cccc3c2CN(C2CCC(=O)NC2=O)C3=O)NC(C)=O)c(OC)c1. The van der Waals surface area contributed by atoms with Gasteiger partial charge in [0, 0.05) is 43.6 Å². The van der Waals surface area contributed by atoms with Crippen LogP contribution >= 0.6 is 0 Å². The molecule has 0 aromatic heterocycles. The molecule has 212 valence electrons. The van der Waals surface area contributed by atoms with Crippen LogP contribution in [0.4, 0.5) is 0 Å². The Morgan fingerprint density at radius 1 is 1.10 bits per heavy atom. The summed E-state index contributed by atoms with van der Waals surface area (Å²) in [7, 11) is 3.10. The molecule has 1 saturated heterocycles. The van der Waals surface area contributed by atoms with Gasteiger partial charge in [0.25, 0.3) is 5.91 Å². The van der Waals surface area contributed by atoms with Crippen molar-refractivity contribution in [2.45, 2.75) is 64.2 Å². The number of carbonyl (C=O) groups excluding carboxylic acids is 5. The first-order chi connectivity index (χ1) is 19.2. The molecule has 2 heterocycles. The summed E-state index contributed by atoms with van der Waals surface area (Å²) in [5.41, 5.74) is 3.12. The van der Waals surface area contributed by atoms with E-state index in [9.17, 15) is 24.0 Å².